The lowest BCUT2D eigenvalue weighted by Gasteiger charge is -2.26. The Morgan fingerprint density at radius 2 is 1.73 bits per heavy atom. The summed E-state index contributed by atoms with van der Waals surface area (Å²) in [5.41, 5.74) is 5.40. The third-order valence-electron chi connectivity index (χ3n) is 6.15. The highest BCUT2D eigenvalue weighted by Gasteiger charge is 2.24. The van der Waals surface area contributed by atoms with Crippen molar-refractivity contribution in [3.05, 3.63) is 88.4 Å². The molecule has 1 amide bonds. The van der Waals surface area contributed by atoms with E-state index in [0.29, 0.717) is 32.8 Å². The summed E-state index contributed by atoms with van der Waals surface area (Å²) in [5.74, 6) is 0.438. The first-order valence-electron chi connectivity index (χ1n) is 12.3. The highest BCUT2D eigenvalue weighted by Crippen LogP contribution is 2.33. The number of amides is 1. The van der Waals surface area contributed by atoms with Gasteiger partial charge in [-0.25, -0.2) is 9.99 Å². The second-order valence-electron chi connectivity index (χ2n) is 9.00. The van der Waals surface area contributed by atoms with Crippen LogP contribution < -0.4 is 5.43 Å². The normalized spacial score (nSPS) is 13.8. The van der Waals surface area contributed by atoms with E-state index in [0.717, 1.165) is 37.8 Å². The van der Waals surface area contributed by atoms with Crippen molar-refractivity contribution in [2.45, 2.75) is 31.1 Å². The number of hydrogen-bond donors (Lipinski definition) is 3. The molecular weight excluding hydrogens is 577 g/mol. The Labute approximate surface area is 241 Å². The van der Waals surface area contributed by atoms with E-state index in [2.05, 4.69) is 15.4 Å². The highest BCUT2D eigenvalue weighted by molar-refractivity contribution is 7.85. The van der Waals surface area contributed by atoms with Gasteiger partial charge in [-0.05, 0) is 74.4 Å². The zero-order valence-corrected chi connectivity index (χ0v) is 23.8. The van der Waals surface area contributed by atoms with Gasteiger partial charge in [-0.15, -0.1) is 0 Å². The number of nitrogens with zero attached hydrogens (tertiary/aromatic N) is 4. The van der Waals surface area contributed by atoms with Crippen LogP contribution in [0.15, 0.2) is 71.9 Å². The lowest BCUT2D eigenvalue weighted by Crippen LogP contribution is -2.45. The minimum Gasteiger partial charge on any atom is -0.508 e. The van der Waals surface area contributed by atoms with E-state index in [1.807, 2.05) is 16.5 Å². The van der Waals surface area contributed by atoms with E-state index in [1.54, 1.807) is 42.5 Å². The third-order valence-corrected chi connectivity index (χ3v) is 7.54. The summed E-state index contributed by atoms with van der Waals surface area (Å²) < 4.78 is 31.0. The Balaban J connectivity index is 0.000000312. The molecule has 0 unspecified atom stereocenters. The first-order chi connectivity index (χ1) is 19.0. The first-order valence-corrected chi connectivity index (χ1v) is 14.5. The number of halogens is 2. The molecule has 0 spiro atoms. The van der Waals surface area contributed by atoms with Crippen LogP contribution in [0.5, 0.6) is 5.75 Å². The summed E-state index contributed by atoms with van der Waals surface area (Å²) in [7, 11) is -4.07. The standard InChI is InChI=1S/C22H22Cl2N4O2.C5H5NO3S/c1-14-20(22(30)26-27-11-3-2-4-12-27)25-21(18-10-5-15(23)13-19(18)24)28(14)16-6-8-17(29)9-7-16;7-10(8,9)5-2-1-3-6-4-5/h5-10,13,29H,2-4,11-12H2,1H3,(H,26,30);1-4H,(H,7,8,9). The number of aromatic hydroxyl groups is 1. The number of carbonyl (C=O) groups excluding carboxylic acids is 1. The smallest absolute Gasteiger partial charge is 0.296 e. The number of nitrogens with one attached hydrogen (secondary N) is 1. The number of phenolic OH excluding ortho intramolecular Hbond substituents is 1. The van der Waals surface area contributed by atoms with E-state index < -0.39 is 10.1 Å². The molecular formula is C27H27Cl2N5O5S. The van der Waals surface area contributed by atoms with E-state index in [9.17, 15) is 18.3 Å². The Kier molecular flexibility index (Phi) is 9.44. The van der Waals surface area contributed by atoms with Gasteiger partial charge in [0.15, 0.2) is 5.69 Å². The summed E-state index contributed by atoms with van der Waals surface area (Å²) in [5, 5.41) is 12.6. The van der Waals surface area contributed by atoms with Crippen LogP contribution in [-0.4, -0.2) is 56.6 Å². The van der Waals surface area contributed by atoms with E-state index >= 15 is 0 Å². The predicted molar refractivity (Wildman–Crippen MR) is 152 cm³/mol. The summed E-state index contributed by atoms with van der Waals surface area (Å²) in [6.07, 6.45) is 5.81. The van der Waals surface area contributed by atoms with Crippen LogP contribution in [0.4, 0.5) is 0 Å². The number of hydrogen-bond acceptors (Lipinski definition) is 7. The van der Waals surface area contributed by atoms with Gasteiger partial charge in [-0.3, -0.25) is 24.3 Å². The third kappa shape index (κ3) is 7.18. The number of phenols is 1. The fraction of sp³-hybridized carbons (Fsp3) is 0.222. The van der Waals surface area contributed by atoms with Crippen LogP contribution >= 0.6 is 23.2 Å². The fourth-order valence-corrected chi connectivity index (χ4v) is 5.13. The summed E-state index contributed by atoms with van der Waals surface area (Å²) in [6.45, 7) is 3.51. The number of pyridine rings is 1. The van der Waals surface area contributed by atoms with E-state index in [-0.39, 0.29) is 16.6 Å². The quantitative estimate of drug-likeness (QED) is 0.261. The molecule has 1 aliphatic heterocycles. The largest absolute Gasteiger partial charge is 0.508 e. The number of rotatable bonds is 5. The topological polar surface area (TPSA) is 138 Å². The van der Waals surface area contributed by atoms with Crippen molar-refractivity contribution >= 4 is 39.2 Å². The van der Waals surface area contributed by atoms with Crippen molar-refractivity contribution in [1.29, 1.82) is 0 Å². The van der Waals surface area contributed by atoms with Crippen molar-refractivity contribution in [3.8, 4) is 22.8 Å². The molecule has 2 aromatic carbocycles. The van der Waals surface area contributed by atoms with Gasteiger partial charge >= 0.3 is 0 Å². The molecule has 0 bridgehead atoms. The number of imidazole rings is 1. The lowest BCUT2D eigenvalue weighted by atomic mass is 10.2. The lowest BCUT2D eigenvalue weighted by molar-refractivity contribution is 0.0744. The van der Waals surface area contributed by atoms with Crippen LogP contribution in [-0.2, 0) is 10.1 Å². The molecule has 1 saturated heterocycles. The van der Waals surface area contributed by atoms with Crippen LogP contribution in [0.25, 0.3) is 17.1 Å². The van der Waals surface area contributed by atoms with Gasteiger partial charge in [0.2, 0.25) is 0 Å². The second-order valence-corrected chi connectivity index (χ2v) is 11.3. The number of hydrazine groups is 1. The van der Waals surface area contributed by atoms with Crippen molar-refractivity contribution in [1.82, 2.24) is 25.0 Å². The molecule has 4 aromatic rings. The molecule has 0 radical (unpaired) electrons. The van der Waals surface area contributed by atoms with E-state index in [4.69, 9.17) is 27.8 Å². The fourth-order valence-electron chi connectivity index (χ4n) is 4.19. The number of aromatic nitrogens is 3. The Hall–Kier alpha value is -3.48. The summed E-state index contributed by atoms with van der Waals surface area (Å²) >= 11 is 12.5. The Morgan fingerprint density at radius 3 is 2.30 bits per heavy atom. The summed E-state index contributed by atoms with van der Waals surface area (Å²) in [6, 6.07) is 14.6. The molecule has 10 nitrogen and oxygen atoms in total. The van der Waals surface area contributed by atoms with Gasteiger partial charge in [0.1, 0.15) is 16.5 Å². The van der Waals surface area contributed by atoms with Crippen LogP contribution in [0.1, 0.15) is 35.4 Å². The van der Waals surface area contributed by atoms with Gasteiger partial charge < -0.3 is 5.11 Å². The predicted octanol–water partition coefficient (Wildman–Crippen LogP) is 5.32. The van der Waals surface area contributed by atoms with Gasteiger partial charge in [-0.2, -0.15) is 8.42 Å². The average Bonchev–Trinajstić information content (AvgIpc) is 3.27. The molecule has 2 aromatic heterocycles. The molecule has 40 heavy (non-hydrogen) atoms. The van der Waals surface area contributed by atoms with E-state index in [1.165, 1.54) is 24.8 Å². The molecule has 0 aliphatic carbocycles. The average molecular weight is 605 g/mol. The van der Waals surface area contributed by atoms with Gasteiger partial charge in [0.05, 0.1) is 10.7 Å². The number of piperidine rings is 1. The first kappa shape index (κ1) is 29.5. The Morgan fingerprint density at radius 1 is 1.02 bits per heavy atom. The monoisotopic (exact) mass is 603 g/mol. The van der Waals surface area contributed by atoms with Gasteiger partial charge in [-0.1, -0.05) is 29.6 Å². The number of carbonyl (C=O) groups is 1. The van der Waals surface area contributed by atoms with Crippen molar-refractivity contribution in [2.75, 3.05) is 13.1 Å². The molecule has 0 saturated carbocycles. The van der Waals surface area contributed by atoms with Crippen molar-refractivity contribution in [3.63, 3.8) is 0 Å². The molecule has 1 aliphatic rings. The maximum Gasteiger partial charge on any atom is 0.296 e. The molecule has 13 heteroatoms. The highest BCUT2D eigenvalue weighted by atomic mass is 35.5. The zero-order chi connectivity index (χ0) is 28.9. The van der Waals surface area contributed by atoms with Crippen LogP contribution in [0.3, 0.4) is 0 Å². The minimum absolute atomic E-state index is 0.158. The maximum absolute atomic E-state index is 13.0. The second kappa shape index (κ2) is 12.8. The number of benzene rings is 2. The Bertz CT molecular complexity index is 1590. The van der Waals surface area contributed by atoms with Crippen molar-refractivity contribution in [2.24, 2.45) is 0 Å². The molecule has 5 rings (SSSR count). The molecule has 3 heterocycles. The van der Waals surface area contributed by atoms with Gasteiger partial charge in [0.25, 0.3) is 16.0 Å². The SMILES string of the molecule is Cc1c(C(=O)NN2CCCCC2)nc(-c2ccc(Cl)cc2Cl)n1-c1ccc(O)cc1.O=S(=O)(O)c1cccnc1. The van der Waals surface area contributed by atoms with Crippen LogP contribution in [0.2, 0.25) is 10.0 Å². The zero-order valence-electron chi connectivity index (χ0n) is 21.5. The molecule has 1 fully saturated rings. The maximum atomic E-state index is 13.0. The van der Waals surface area contributed by atoms with Crippen LogP contribution in [0, 0.1) is 6.92 Å². The molecule has 3 N–H and O–H groups in total. The molecule has 0 atom stereocenters. The molecule has 210 valence electrons. The summed E-state index contributed by atoms with van der Waals surface area (Å²) in [4.78, 5) is 21.0. The van der Waals surface area contributed by atoms with Gasteiger partial charge in [0, 0.05) is 41.8 Å². The minimum atomic E-state index is -4.07. The van der Waals surface area contributed by atoms with Crippen molar-refractivity contribution < 1.29 is 22.9 Å².